The first kappa shape index (κ1) is 11.4. The molecule has 5 heteroatoms. The predicted molar refractivity (Wildman–Crippen MR) is 63.6 cm³/mol. The van der Waals surface area contributed by atoms with Crippen molar-refractivity contribution >= 4 is 23.1 Å². The molecule has 0 fully saturated rings. The van der Waals surface area contributed by atoms with Gasteiger partial charge in [-0.1, -0.05) is 11.6 Å². The lowest BCUT2D eigenvalue weighted by Crippen LogP contribution is -1.94. The van der Waals surface area contributed by atoms with Crippen LogP contribution in [0.25, 0.3) is 0 Å². The number of halogens is 2. The van der Waals surface area contributed by atoms with E-state index in [1.54, 1.807) is 18.2 Å². The molecule has 1 aromatic heterocycles. The summed E-state index contributed by atoms with van der Waals surface area (Å²) >= 11 is 5.70. The van der Waals surface area contributed by atoms with Crippen LogP contribution in [0, 0.1) is 17.1 Å². The fourth-order valence-corrected chi connectivity index (χ4v) is 1.40. The lowest BCUT2D eigenvalue weighted by molar-refractivity contribution is 0.624. The fraction of sp³-hybridized carbons (Fsp3) is 0. The standard InChI is InChI=1S/C12H7ClFN3/c13-9-1-4-12(16-7-9)17-10-2-3-11(14)8(5-10)6-15/h1-5,7H,(H,16,17). The molecule has 84 valence electrons. The molecule has 17 heavy (non-hydrogen) atoms. The molecule has 2 rings (SSSR count). The van der Waals surface area contributed by atoms with E-state index >= 15 is 0 Å². The third-order valence-electron chi connectivity index (χ3n) is 2.09. The summed E-state index contributed by atoms with van der Waals surface area (Å²) in [5.74, 6) is 0.0343. The largest absolute Gasteiger partial charge is 0.340 e. The van der Waals surface area contributed by atoms with Crippen LogP contribution in [0.4, 0.5) is 15.9 Å². The van der Waals surface area contributed by atoms with E-state index in [4.69, 9.17) is 16.9 Å². The maximum absolute atomic E-state index is 13.1. The number of benzene rings is 1. The van der Waals surface area contributed by atoms with Crippen molar-refractivity contribution in [3.63, 3.8) is 0 Å². The van der Waals surface area contributed by atoms with Gasteiger partial charge >= 0.3 is 0 Å². The molecule has 0 radical (unpaired) electrons. The van der Waals surface area contributed by atoms with Gasteiger partial charge < -0.3 is 5.32 Å². The highest BCUT2D eigenvalue weighted by atomic mass is 35.5. The number of nitrogens with zero attached hydrogens (tertiary/aromatic N) is 2. The van der Waals surface area contributed by atoms with Crippen LogP contribution in [-0.2, 0) is 0 Å². The van der Waals surface area contributed by atoms with Crippen molar-refractivity contribution in [3.8, 4) is 6.07 Å². The van der Waals surface area contributed by atoms with Gasteiger partial charge in [0.1, 0.15) is 17.7 Å². The average Bonchev–Trinajstić information content (AvgIpc) is 2.34. The summed E-state index contributed by atoms with van der Waals surface area (Å²) in [5, 5.41) is 12.2. The van der Waals surface area contributed by atoms with Gasteiger partial charge in [-0.15, -0.1) is 0 Å². The third-order valence-corrected chi connectivity index (χ3v) is 2.31. The Hall–Kier alpha value is -2.12. The molecule has 0 atom stereocenters. The molecule has 0 saturated carbocycles. The SMILES string of the molecule is N#Cc1cc(Nc2ccc(Cl)cn2)ccc1F. The highest BCUT2D eigenvalue weighted by Crippen LogP contribution is 2.18. The second-order valence-corrected chi connectivity index (χ2v) is 3.73. The smallest absolute Gasteiger partial charge is 0.141 e. The van der Waals surface area contributed by atoms with Crippen LogP contribution >= 0.6 is 11.6 Å². The van der Waals surface area contributed by atoms with Crippen molar-refractivity contribution < 1.29 is 4.39 Å². The van der Waals surface area contributed by atoms with Gasteiger partial charge in [0.2, 0.25) is 0 Å². The van der Waals surface area contributed by atoms with Gasteiger partial charge in [-0.2, -0.15) is 5.26 Å². The summed E-state index contributed by atoms with van der Waals surface area (Å²) in [6.45, 7) is 0. The van der Waals surface area contributed by atoms with Gasteiger partial charge in [0.05, 0.1) is 10.6 Å². The minimum atomic E-state index is -0.540. The Balaban J connectivity index is 2.25. The number of hydrogen-bond donors (Lipinski definition) is 1. The molecular formula is C12H7ClFN3. The van der Waals surface area contributed by atoms with E-state index in [9.17, 15) is 4.39 Å². The maximum Gasteiger partial charge on any atom is 0.141 e. The molecule has 1 N–H and O–H groups in total. The lowest BCUT2D eigenvalue weighted by Gasteiger charge is -2.05. The van der Waals surface area contributed by atoms with E-state index < -0.39 is 5.82 Å². The Bertz CT molecular complexity index is 575. The van der Waals surface area contributed by atoms with Crippen molar-refractivity contribution in [1.29, 1.82) is 5.26 Å². The minimum absolute atomic E-state index is 0.0102. The topological polar surface area (TPSA) is 48.7 Å². The summed E-state index contributed by atoms with van der Waals surface area (Å²) in [6.07, 6.45) is 1.50. The van der Waals surface area contributed by atoms with Crippen molar-refractivity contribution in [1.82, 2.24) is 4.98 Å². The van der Waals surface area contributed by atoms with Gasteiger partial charge in [-0.3, -0.25) is 0 Å². The number of anilines is 2. The van der Waals surface area contributed by atoms with E-state index in [1.165, 1.54) is 24.4 Å². The molecule has 0 spiro atoms. The van der Waals surface area contributed by atoms with Gasteiger partial charge in [0, 0.05) is 11.9 Å². The van der Waals surface area contributed by atoms with E-state index in [2.05, 4.69) is 10.3 Å². The van der Waals surface area contributed by atoms with E-state index in [1.807, 2.05) is 0 Å². The number of aromatic nitrogens is 1. The second kappa shape index (κ2) is 4.81. The Labute approximate surface area is 102 Å². The lowest BCUT2D eigenvalue weighted by atomic mass is 10.2. The first-order valence-corrected chi connectivity index (χ1v) is 5.15. The molecule has 2 aromatic rings. The number of nitriles is 1. The summed E-state index contributed by atoms with van der Waals surface area (Å²) in [6, 6.07) is 9.34. The molecule has 0 aliphatic heterocycles. The van der Waals surface area contributed by atoms with Crippen molar-refractivity contribution in [2.75, 3.05) is 5.32 Å². The number of rotatable bonds is 2. The van der Waals surface area contributed by atoms with Crippen molar-refractivity contribution in [2.24, 2.45) is 0 Å². The monoisotopic (exact) mass is 247 g/mol. The van der Waals surface area contributed by atoms with Gasteiger partial charge in [-0.05, 0) is 30.3 Å². The normalized spacial score (nSPS) is 9.71. The minimum Gasteiger partial charge on any atom is -0.340 e. The molecule has 0 aliphatic carbocycles. The van der Waals surface area contributed by atoms with Gasteiger partial charge in [0.25, 0.3) is 0 Å². The van der Waals surface area contributed by atoms with E-state index in [-0.39, 0.29) is 5.56 Å². The van der Waals surface area contributed by atoms with Crippen molar-refractivity contribution in [2.45, 2.75) is 0 Å². The molecule has 1 heterocycles. The molecule has 3 nitrogen and oxygen atoms in total. The van der Waals surface area contributed by atoms with E-state index in [0.717, 1.165) is 0 Å². The van der Waals surface area contributed by atoms with Crippen LogP contribution in [0.2, 0.25) is 5.02 Å². The molecule has 0 amide bonds. The zero-order valence-corrected chi connectivity index (χ0v) is 9.37. The first-order valence-electron chi connectivity index (χ1n) is 4.77. The molecule has 0 bridgehead atoms. The molecule has 0 saturated heterocycles. The summed E-state index contributed by atoms with van der Waals surface area (Å²) in [4.78, 5) is 4.03. The summed E-state index contributed by atoms with van der Waals surface area (Å²) in [7, 11) is 0. The summed E-state index contributed by atoms with van der Waals surface area (Å²) < 4.78 is 13.1. The average molecular weight is 248 g/mol. The van der Waals surface area contributed by atoms with Crippen LogP contribution in [0.1, 0.15) is 5.56 Å². The van der Waals surface area contributed by atoms with E-state index in [0.29, 0.717) is 16.5 Å². The first-order chi connectivity index (χ1) is 8.19. The maximum atomic E-state index is 13.1. The Morgan fingerprint density at radius 1 is 1.29 bits per heavy atom. The van der Waals surface area contributed by atoms with Gasteiger partial charge in [-0.25, -0.2) is 9.37 Å². The fourth-order valence-electron chi connectivity index (χ4n) is 1.29. The highest BCUT2D eigenvalue weighted by Gasteiger charge is 2.03. The Morgan fingerprint density at radius 2 is 2.12 bits per heavy atom. The second-order valence-electron chi connectivity index (χ2n) is 3.29. The highest BCUT2D eigenvalue weighted by molar-refractivity contribution is 6.30. The Morgan fingerprint density at radius 3 is 2.76 bits per heavy atom. The number of hydrogen-bond acceptors (Lipinski definition) is 3. The van der Waals surface area contributed by atoms with Crippen LogP contribution in [-0.4, -0.2) is 4.98 Å². The van der Waals surface area contributed by atoms with Crippen LogP contribution < -0.4 is 5.32 Å². The number of nitrogens with one attached hydrogen (secondary N) is 1. The quantitative estimate of drug-likeness (QED) is 0.884. The van der Waals surface area contributed by atoms with Crippen LogP contribution in [0.3, 0.4) is 0 Å². The Kier molecular flexibility index (Phi) is 3.22. The van der Waals surface area contributed by atoms with Gasteiger partial charge in [0.15, 0.2) is 0 Å². The predicted octanol–water partition coefficient (Wildman–Crippen LogP) is 3.49. The molecule has 0 unspecified atom stereocenters. The van der Waals surface area contributed by atoms with Crippen LogP contribution in [0.5, 0.6) is 0 Å². The number of pyridine rings is 1. The zero-order chi connectivity index (χ0) is 12.3. The summed E-state index contributed by atoms with van der Waals surface area (Å²) in [5.41, 5.74) is 0.585. The molecule has 0 aliphatic rings. The van der Waals surface area contributed by atoms with Crippen molar-refractivity contribution in [3.05, 3.63) is 52.9 Å². The zero-order valence-electron chi connectivity index (χ0n) is 8.61. The molecular weight excluding hydrogens is 241 g/mol. The third kappa shape index (κ3) is 2.71. The van der Waals surface area contributed by atoms with Crippen LogP contribution in [0.15, 0.2) is 36.5 Å². The molecule has 1 aromatic carbocycles.